The molecular formula is C17H25N3O4. The predicted octanol–water partition coefficient (Wildman–Crippen LogP) is 1.45. The van der Waals surface area contributed by atoms with Crippen LogP contribution in [-0.4, -0.2) is 47.4 Å². The standard InChI is InChI=1S/C17H25N3O4/c1-2-15(21)13-8-14(10-20(9-13)16(18)22)19-17(23)24-11-12-6-4-3-5-7-12/h3-7,13-15,21H,2,8-11H2,1H3,(H2,18,22)(H,19,23). The molecule has 0 saturated carbocycles. The molecule has 1 aliphatic heterocycles. The van der Waals surface area contributed by atoms with E-state index >= 15 is 0 Å². The molecule has 0 spiro atoms. The minimum absolute atomic E-state index is 0.115. The topological polar surface area (TPSA) is 105 Å². The number of primary amides is 1. The van der Waals surface area contributed by atoms with Crippen molar-refractivity contribution >= 4 is 12.1 Å². The van der Waals surface area contributed by atoms with E-state index in [0.717, 1.165) is 5.56 Å². The minimum Gasteiger partial charge on any atom is -0.445 e. The van der Waals surface area contributed by atoms with Gasteiger partial charge in [0.2, 0.25) is 0 Å². The summed E-state index contributed by atoms with van der Waals surface area (Å²) in [5.74, 6) is -0.115. The molecule has 7 nitrogen and oxygen atoms in total. The third-order valence-corrected chi connectivity index (χ3v) is 4.29. The van der Waals surface area contributed by atoms with Crippen LogP contribution in [-0.2, 0) is 11.3 Å². The summed E-state index contributed by atoms with van der Waals surface area (Å²) in [4.78, 5) is 24.9. The number of ether oxygens (including phenoxy) is 1. The number of aliphatic hydroxyl groups excluding tert-OH is 1. The number of urea groups is 1. The molecule has 2 rings (SSSR count). The number of likely N-dealkylation sites (tertiary alicyclic amines) is 1. The average molecular weight is 335 g/mol. The number of hydrogen-bond donors (Lipinski definition) is 3. The lowest BCUT2D eigenvalue weighted by Crippen LogP contribution is -2.55. The van der Waals surface area contributed by atoms with Crippen molar-refractivity contribution in [2.45, 2.75) is 38.5 Å². The third kappa shape index (κ3) is 5.13. The number of amides is 3. The van der Waals surface area contributed by atoms with Crippen molar-refractivity contribution in [1.29, 1.82) is 0 Å². The number of alkyl carbamates (subject to hydrolysis) is 1. The molecule has 3 atom stereocenters. The minimum atomic E-state index is -0.549. The maximum atomic E-state index is 12.0. The van der Waals surface area contributed by atoms with Crippen LogP contribution in [0, 0.1) is 5.92 Å². The van der Waals surface area contributed by atoms with E-state index in [-0.39, 0.29) is 18.6 Å². The van der Waals surface area contributed by atoms with E-state index in [9.17, 15) is 14.7 Å². The Kier molecular flexibility index (Phi) is 6.43. The van der Waals surface area contributed by atoms with Crippen molar-refractivity contribution in [3.05, 3.63) is 35.9 Å². The summed E-state index contributed by atoms with van der Waals surface area (Å²) >= 11 is 0. The summed E-state index contributed by atoms with van der Waals surface area (Å²) < 4.78 is 5.20. The summed E-state index contributed by atoms with van der Waals surface area (Å²) in [6.07, 6.45) is 0.0958. The Morgan fingerprint density at radius 2 is 2.08 bits per heavy atom. The van der Waals surface area contributed by atoms with Gasteiger partial charge in [0.1, 0.15) is 6.61 Å². The second-order valence-corrected chi connectivity index (χ2v) is 6.12. The second kappa shape index (κ2) is 8.54. The summed E-state index contributed by atoms with van der Waals surface area (Å²) in [6, 6.07) is 8.54. The molecule has 7 heteroatoms. The van der Waals surface area contributed by atoms with Gasteiger partial charge in [-0.25, -0.2) is 9.59 Å². The first kappa shape index (κ1) is 18.1. The number of hydrogen-bond acceptors (Lipinski definition) is 4. The van der Waals surface area contributed by atoms with Crippen molar-refractivity contribution < 1.29 is 19.4 Å². The fourth-order valence-electron chi connectivity index (χ4n) is 2.97. The third-order valence-electron chi connectivity index (χ3n) is 4.29. The van der Waals surface area contributed by atoms with Gasteiger partial charge in [-0.2, -0.15) is 0 Å². The van der Waals surface area contributed by atoms with Crippen LogP contribution in [0.5, 0.6) is 0 Å². The first-order valence-corrected chi connectivity index (χ1v) is 8.19. The van der Waals surface area contributed by atoms with Crippen molar-refractivity contribution in [3.8, 4) is 0 Å². The van der Waals surface area contributed by atoms with Gasteiger partial charge in [0.05, 0.1) is 12.1 Å². The van der Waals surface area contributed by atoms with Crippen molar-refractivity contribution in [3.63, 3.8) is 0 Å². The average Bonchev–Trinajstić information content (AvgIpc) is 2.59. The summed E-state index contributed by atoms with van der Waals surface area (Å²) in [7, 11) is 0. The van der Waals surface area contributed by atoms with Crippen LogP contribution in [0.15, 0.2) is 30.3 Å². The van der Waals surface area contributed by atoms with Crippen LogP contribution in [0.2, 0.25) is 0 Å². The number of nitrogens with zero attached hydrogens (tertiary/aromatic N) is 1. The fraction of sp³-hybridized carbons (Fsp3) is 0.529. The molecule has 1 aromatic rings. The van der Waals surface area contributed by atoms with Crippen molar-refractivity contribution in [1.82, 2.24) is 10.2 Å². The highest BCUT2D eigenvalue weighted by Crippen LogP contribution is 2.22. The zero-order chi connectivity index (χ0) is 17.5. The molecule has 1 fully saturated rings. The molecule has 3 amide bonds. The lowest BCUT2D eigenvalue weighted by Gasteiger charge is -2.38. The molecule has 0 aliphatic carbocycles. The van der Waals surface area contributed by atoms with Crippen LogP contribution in [0.1, 0.15) is 25.3 Å². The molecule has 3 unspecified atom stereocenters. The van der Waals surface area contributed by atoms with E-state index in [1.165, 1.54) is 4.90 Å². The summed E-state index contributed by atoms with van der Waals surface area (Å²) in [5.41, 5.74) is 6.26. The molecule has 1 heterocycles. The number of carbonyl (C=O) groups excluding carboxylic acids is 2. The maximum Gasteiger partial charge on any atom is 0.407 e. The number of rotatable bonds is 5. The predicted molar refractivity (Wildman–Crippen MR) is 89.1 cm³/mol. The molecular weight excluding hydrogens is 310 g/mol. The van der Waals surface area contributed by atoms with Gasteiger partial charge in [-0.3, -0.25) is 0 Å². The molecule has 24 heavy (non-hydrogen) atoms. The molecule has 0 radical (unpaired) electrons. The highest BCUT2D eigenvalue weighted by molar-refractivity contribution is 5.72. The molecule has 1 aliphatic rings. The van der Waals surface area contributed by atoms with Crippen LogP contribution >= 0.6 is 0 Å². The Morgan fingerprint density at radius 1 is 1.38 bits per heavy atom. The monoisotopic (exact) mass is 335 g/mol. The number of aliphatic hydroxyl groups is 1. The quantitative estimate of drug-likeness (QED) is 0.757. The highest BCUT2D eigenvalue weighted by Gasteiger charge is 2.33. The number of nitrogens with two attached hydrogens (primary N) is 1. The van der Waals surface area contributed by atoms with Gasteiger partial charge < -0.3 is 25.8 Å². The lowest BCUT2D eigenvalue weighted by molar-refractivity contribution is 0.0466. The van der Waals surface area contributed by atoms with E-state index in [1.54, 1.807) is 0 Å². The Labute approximate surface area is 141 Å². The molecule has 132 valence electrons. The van der Waals surface area contributed by atoms with Crippen molar-refractivity contribution in [2.24, 2.45) is 11.7 Å². The molecule has 1 saturated heterocycles. The SMILES string of the molecule is CCC(O)C1CC(NC(=O)OCc2ccccc2)CN(C(N)=O)C1. The number of benzene rings is 1. The zero-order valence-electron chi connectivity index (χ0n) is 13.9. The van der Waals surface area contributed by atoms with Gasteiger partial charge in [0, 0.05) is 19.0 Å². The van der Waals surface area contributed by atoms with Crippen LogP contribution in [0.25, 0.3) is 0 Å². The molecule has 0 bridgehead atoms. The summed E-state index contributed by atoms with van der Waals surface area (Å²) in [5, 5.41) is 12.8. The lowest BCUT2D eigenvalue weighted by atomic mass is 9.88. The first-order valence-electron chi connectivity index (χ1n) is 8.19. The van der Waals surface area contributed by atoms with E-state index in [0.29, 0.717) is 25.9 Å². The van der Waals surface area contributed by atoms with Gasteiger partial charge in [-0.05, 0) is 18.4 Å². The number of nitrogens with one attached hydrogen (secondary N) is 1. The zero-order valence-corrected chi connectivity index (χ0v) is 13.9. The first-order chi connectivity index (χ1) is 11.5. The van der Waals surface area contributed by atoms with E-state index in [1.807, 2.05) is 37.3 Å². The smallest absolute Gasteiger partial charge is 0.407 e. The number of piperidine rings is 1. The Morgan fingerprint density at radius 3 is 2.71 bits per heavy atom. The number of carbonyl (C=O) groups is 2. The van der Waals surface area contributed by atoms with Gasteiger partial charge in [-0.1, -0.05) is 37.3 Å². The molecule has 1 aromatic carbocycles. The maximum absolute atomic E-state index is 12.0. The Balaban J connectivity index is 1.89. The van der Waals surface area contributed by atoms with Gasteiger partial charge in [-0.15, -0.1) is 0 Å². The Bertz CT molecular complexity index is 552. The van der Waals surface area contributed by atoms with Crippen LogP contribution < -0.4 is 11.1 Å². The molecule has 0 aromatic heterocycles. The normalized spacial score (nSPS) is 21.8. The van der Waals surface area contributed by atoms with E-state index in [4.69, 9.17) is 10.5 Å². The highest BCUT2D eigenvalue weighted by atomic mass is 16.5. The largest absolute Gasteiger partial charge is 0.445 e. The second-order valence-electron chi connectivity index (χ2n) is 6.12. The van der Waals surface area contributed by atoms with Gasteiger partial charge in [0.15, 0.2) is 0 Å². The fourth-order valence-corrected chi connectivity index (χ4v) is 2.97. The van der Waals surface area contributed by atoms with Crippen molar-refractivity contribution in [2.75, 3.05) is 13.1 Å². The van der Waals surface area contributed by atoms with Crippen LogP contribution in [0.3, 0.4) is 0 Å². The molecule has 4 N–H and O–H groups in total. The van der Waals surface area contributed by atoms with Gasteiger partial charge in [0.25, 0.3) is 0 Å². The van der Waals surface area contributed by atoms with Gasteiger partial charge >= 0.3 is 12.1 Å². The Hall–Kier alpha value is -2.28. The summed E-state index contributed by atoms with van der Waals surface area (Å²) in [6.45, 7) is 2.79. The van der Waals surface area contributed by atoms with E-state index in [2.05, 4.69) is 5.32 Å². The van der Waals surface area contributed by atoms with Crippen LogP contribution in [0.4, 0.5) is 9.59 Å². The van der Waals surface area contributed by atoms with E-state index < -0.39 is 18.2 Å².